The quantitative estimate of drug-likeness (QED) is 0.942. The molecule has 0 saturated carbocycles. The van der Waals surface area contributed by atoms with Crippen LogP contribution in [0.25, 0.3) is 0 Å². The Morgan fingerprint density at radius 1 is 1.25 bits per heavy atom. The van der Waals surface area contributed by atoms with Gasteiger partial charge < -0.3 is 5.32 Å². The second kappa shape index (κ2) is 5.27. The van der Waals surface area contributed by atoms with Crippen LogP contribution in [0.1, 0.15) is 5.82 Å². The smallest absolute Gasteiger partial charge is 0.147 e. The summed E-state index contributed by atoms with van der Waals surface area (Å²) in [6, 6.07) is 7.44. The molecular weight excluding hydrogens is 289 g/mol. The number of nitrogens with one attached hydrogen (secondary N) is 1. The minimum Gasteiger partial charge on any atom is -0.377 e. The first-order valence-electron chi connectivity index (χ1n) is 4.70. The Balaban J connectivity index is 2.08. The summed E-state index contributed by atoms with van der Waals surface area (Å²) in [7, 11) is 0. The third kappa shape index (κ3) is 2.93. The van der Waals surface area contributed by atoms with E-state index in [2.05, 4.69) is 31.2 Å². The van der Waals surface area contributed by atoms with E-state index in [1.54, 1.807) is 18.5 Å². The van der Waals surface area contributed by atoms with E-state index in [-0.39, 0.29) is 0 Å². The number of rotatable bonds is 3. The summed E-state index contributed by atoms with van der Waals surface area (Å²) in [6.45, 7) is 0.553. The van der Waals surface area contributed by atoms with Gasteiger partial charge in [-0.25, -0.2) is 9.97 Å². The van der Waals surface area contributed by atoms with Crippen LogP contribution < -0.4 is 5.32 Å². The molecule has 0 amide bonds. The van der Waals surface area contributed by atoms with E-state index in [1.807, 2.05) is 18.2 Å². The van der Waals surface area contributed by atoms with E-state index >= 15 is 0 Å². The molecule has 0 radical (unpaired) electrons. The van der Waals surface area contributed by atoms with E-state index in [0.717, 1.165) is 16.0 Å². The molecule has 5 heteroatoms. The van der Waals surface area contributed by atoms with Gasteiger partial charge in [0.2, 0.25) is 0 Å². The Morgan fingerprint density at radius 2 is 2.00 bits per heavy atom. The summed E-state index contributed by atoms with van der Waals surface area (Å²) in [5.74, 6) is 0.735. The van der Waals surface area contributed by atoms with E-state index < -0.39 is 0 Å². The zero-order valence-electron chi connectivity index (χ0n) is 8.32. The molecule has 82 valence electrons. The van der Waals surface area contributed by atoms with Crippen LogP contribution in [0.3, 0.4) is 0 Å². The fraction of sp³-hybridized carbons (Fsp3) is 0.0909. The minimum atomic E-state index is 0.553. The summed E-state index contributed by atoms with van der Waals surface area (Å²) in [5, 5.41) is 3.86. The van der Waals surface area contributed by atoms with Crippen molar-refractivity contribution in [3.63, 3.8) is 0 Å². The first-order chi connectivity index (χ1) is 7.75. The maximum absolute atomic E-state index is 6.04. The zero-order valence-corrected chi connectivity index (χ0v) is 10.7. The Bertz CT molecular complexity index is 476. The Hall–Kier alpha value is -1.13. The molecule has 0 aliphatic rings. The van der Waals surface area contributed by atoms with Crippen LogP contribution in [-0.4, -0.2) is 9.97 Å². The zero-order chi connectivity index (χ0) is 11.4. The van der Waals surface area contributed by atoms with Gasteiger partial charge in [-0.2, -0.15) is 0 Å². The maximum atomic E-state index is 6.04. The molecule has 1 aromatic carbocycles. The van der Waals surface area contributed by atoms with E-state index in [4.69, 9.17) is 11.6 Å². The van der Waals surface area contributed by atoms with E-state index in [0.29, 0.717) is 11.6 Å². The predicted octanol–water partition coefficient (Wildman–Crippen LogP) is 3.50. The summed E-state index contributed by atoms with van der Waals surface area (Å²) in [5.41, 5.74) is 0.864. The van der Waals surface area contributed by atoms with Crippen molar-refractivity contribution < 1.29 is 0 Å². The highest BCUT2D eigenvalue weighted by atomic mass is 79.9. The molecule has 16 heavy (non-hydrogen) atoms. The topological polar surface area (TPSA) is 37.8 Å². The normalized spacial score (nSPS) is 10.1. The molecule has 0 aliphatic heterocycles. The van der Waals surface area contributed by atoms with Gasteiger partial charge in [-0.3, -0.25) is 0 Å². The van der Waals surface area contributed by atoms with Crippen LogP contribution in [0, 0.1) is 0 Å². The lowest BCUT2D eigenvalue weighted by molar-refractivity contribution is 0.948. The highest BCUT2D eigenvalue weighted by molar-refractivity contribution is 9.10. The fourth-order valence-corrected chi connectivity index (χ4v) is 1.77. The van der Waals surface area contributed by atoms with Crippen molar-refractivity contribution in [2.75, 3.05) is 5.32 Å². The van der Waals surface area contributed by atoms with Gasteiger partial charge >= 0.3 is 0 Å². The van der Waals surface area contributed by atoms with Gasteiger partial charge in [0.05, 0.1) is 17.3 Å². The Kier molecular flexibility index (Phi) is 3.74. The Labute approximate surface area is 107 Å². The Morgan fingerprint density at radius 3 is 2.75 bits per heavy atom. The van der Waals surface area contributed by atoms with Crippen molar-refractivity contribution in [3.8, 4) is 0 Å². The lowest BCUT2D eigenvalue weighted by atomic mass is 10.3. The first kappa shape index (κ1) is 11.4. The van der Waals surface area contributed by atoms with Crippen LogP contribution in [0.4, 0.5) is 5.69 Å². The van der Waals surface area contributed by atoms with Gasteiger partial charge in [-0.05, 0) is 24.3 Å². The van der Waals surface area contributed by atoms with Crippen molar-refractivity contribution in [2.24, 2.45) is 0 Å². The van der Waals surface area contributed by atoms with Crippen molar-refractivity contribution in [1.29, 1.82) is 0 Å². The van der Waals surface area contributed by atoms with Crippen molar-refractivity contribution in [3.05, 3.63) is 52.0 Å². The number of halogens is 2. The number of anilines is 1. The summed E-state index contributed by atoms with van der Waals surface area (Å²) < 4.78 is 0.980. The second-order valence-corrected chi connectivity index (χ2v) is 4.47. The maximum Gasteiger partial charge on any atom is 0.147 e. The molecule has 1 N–H and O–H groups in total. The van der Waals surface area contributed by atoms with Gasteiger partial charge in [-0.15, -0.1) is 0 Å². The molecule has 0 fully saturated rings. The molecule has 3 nitrogen and oxygen atoms in total. The van der Waals surface area contributed by atoms with Crippen LogP contribution in [-0.2, 0) is 6.54 Å². The SMILES string of the molecule is Clc1ccc(Br)cc1NCc1ncccn1. The number of hydrogen-bond acceptors (Lipinski definition) is 3. The van der Waals surface area contributed by atoms with Crippen LogP contribution in [0.15, 0.2) is 41.1 Å². The number of hydrogen-bond donors (Lipinski definition) is 1. The molecule has 2 aromatic rings. The van der Waals surface area contributed by atoms with Crippen molar-refractivity contribution >= 4 is 33.2 Å². The van der Waals surface area contributed by atoms with Crippen molar-refractivity contribution in [2.45, 2.75) is 6.54 Å². The standard InChI is InChI=1S/C11H9BrClN3/c12-8-2-3-9(13)10(6-8)16-7-11-14-4-1-5-15-11/h1-6,16H,7H2. The predicted molar refractivity (Wildman–Crippen MR) is 68.5 cm³/mol. The van der Waals surface area contributed by atoms with Gasteiger partial charge in [0.1, 0.15) is 5.82 Å². The molecule has 2 rings (SSSR count). The fourth-order valence-electron chi connectivity index (χ4n) is 1.23. The molecule has 0 bridgehead atoms. The molecular formula is C11H9BrClN3. The number of aromatic nitrogens is 2. The lowest BCUT2D eigenvalue weighted by Crippen LogP contribution is -2.03. The molecule has 0 saturated heterocycles. The van der Waals surface area contributed by atoms with Crippen LogP contribution >= 0.6 is 27.5 Å². The summed E-state index contributed by atoms with van der Waals surface area (Å²) >= 11 is 9.43. The largest absolute Gasteiger partial charge is 0.377 e. The monoisotopic (exact) mass is 297 g/mol. The summed E-state index contributed by atoms with van der Waals surface area (Å²) in [6.07, 6.45) is 3.43. The highest BCUT2D eigenvalue weighted by Crippen LogP contribution is 2.25. The molecule has 0 unspecified atom stereocenters. The van der Waals surface area contributed by atoms with E-state index in [9.17, 15) is 0 Å². The average Bonchev–Trinajstić information content (AvgIpc) is 2.32. The molecule has 1 heterocycles. The van der Waals surface area contributed by atoms with Gasteiger partial charge in [-0.1, -0.05) is 27.5 Å². The number of benzene rings is 1. The third-order valence-corrected chi connectivity index (χ3v) is 2.81. The lowest BCUT2D eigenvalue weighted by Gasteiger charge is -2.07. The third-order valence-electron chi connectivity index (χ3n) is 1.98. The van der Waals surface area contributed by atoms with Crippen LogP contribution in [0.2, 0.25) is 5.02 Å². The molecule has 0 spiro atoms. The number of nitrogens with zero attached hydrogens (tertiary/aromatic N) is 2. The summed E-state index contributed by atoms with van der Waals surface area (Å²) in [4.78, 5) is 8.23. The molecule has 0 aliphatic carbocycles. The highest BCUT2D eigenvalue weighted by Gasteiger charge is 2.01. The van der Waals surface area contributed by atoms with Gasteiger partial charge in [0.15, 0.2) is 0 Å². The van der Waals surface area contributed by atoms with Crippen LogP contribution in [0.5, 0.6) is 0 Å². The van der Waals surface area contributed by atoms with E-state index in [1.165, 1.54) is 0 Å². The van der Waals surface area contributed by atoms with Gasteiger partial charge in [0, 0.05) is 16.9 Å². The molecule has 0 atom stereocenters. The minimum absolute atomic E-state index is 0.553. The molecule has 1 aromatic heterocycles. The van der Waals surface area contributed by atoms with Crippen molar-refractivity contribution in [1.82, 2.24) is 9.97 Å². The second-order valence-electron chi connectivity index (χ2n) is 3.14. The van der Waals surface area contributed by atoms with Gasteiger partial charge in [0.25, 0.3) is 0 Å². The average molecular weight is 299 g/mol. The first-order valence-corrected chi connectivity index (χ1v) is 5.87.